The number of nitrogens with zero attached hydrogens (tertiary/aromatic N) is 3. The fourth-order valence-electron chi connectivity index (χ4n) is 2.10. The summed E-state index contributed by atoms with van der Waals surface area (Å²) in [6, 6.07) is 0. The molecule has 1 aromatic heterocycles. The maximum absolute atomic E-state index is 8.76. The van der Waals surface area contributed by atoms with Gasteiger partial charge in [0.15, 0.2) is 0 Å². The van der Waals surface area contributed by atoms with Gasteiger partial charge in [0.05, 0.1) is 11.4 Å². The van der Waals surface area contributed by atoms with Crippen LogP contribution in [0.3, 0.4) is 0 Å². The van der Waals surface area contributed by atoms with Crippen molar-refractivity contribution in [3.8, 4) is 0 Å². The summed E-state index contributed by atoms with van der Waals surface area (Å²) < 4.78 is 2.00. The molecule has 3 N–H and O–H groups in total. The Bertz CT molecular complexity index is 362. The summed E-state index contributed by atoms with van der Waals surface area (Å²) in [6.07, 6.45) is 4.02. The van der Waals surface area contributed by atoms with Crippen molar-refractivity contribution in [2.75, 3.05) is 30.8 Å². The predicted octanol–water partition coefficient (Wildman–Crippen LogP) is 1.78. The number of anilines is 2. The number of unbranched alkanes of at least 4 members (excludes halogenated alkanes) is 2. The van der Waals surface area contributed by atoms with Crippen LogP contribution >= 0.6 is 0 Å². The normalized spacial score (nSPS) is 10.9. The quantitative estimate of drug-likeness (QED) is 0.694. The van der Waals surface area contributed by atoms with Crippen molar-refractivity contribution in [3.05, 3.63) is 5.69 Å². The number of aryl methyl sites for hydroxylation is 2. The van der Waals surface area contributed by atoms with Gasteiger partial charge in [0.25, 0.3) is 0 Å². The van der Waals surface area contributed by atoms with Crippen LogP contribution in [-0.4, -0.2) is 35.1 Å². The number of aliphatic hydroxyl groups excluding tert-OH is 1. The zero-order valence-electron chi connectivity index (χ0n) is 11.8. The van der Waals surface area contributed by atoms with Gasteiger partial charge in [-0.15, -0.1) is 0 Å². The minimum atomic E-state index is 0.277. The summed E-state index contributed by atoms with van der Waals surface area (Å²) >= 11 is 0. The Balaban J connectivity index is 2.68. The van der Waals surface area contributed by atoms with Crippen LogP contribution in [-0.2, 0) is 6.54 Å². The average Bonchev–Trinajstić information content (AvgIpc) is 2.61. The average molecular weight is 254 g/mol. The summed E-state index contributed by atoms with van der Waals surface area (Å²) in [7, 11) is 2.05. The molecular formula is C13H26N4O. The van der Waals surface area contributed by atoms with Gasteiger partial charge in [-0.25, -0.2) is 4.68 Å². The molecule has 0 aliphatic carbocycles. The lowest BCUT2D eigenvalue weighted by Crippen LogP contribution is -2.23. The summed E-state index contributed by atoms with van der Waals surface area (Å²) in [5.74, 6) is 1.03. The van der Waals surface area contributed by atoms with E-state index in [1.54, 1.807) is 0 Å². The van der Waals surface area contributed by atoms with Crippen LogP contribution in [0, 0.1) is 6.92 Å². The van der Waals surface area contributed by atoms with Crippen LogP contribution in [0.4, 0.5) is 11.5 Å². The first kappa shape index (κ1) is 14.8. The van der Waals surface area contributed by atoms with Gasteiger partial charge < -0.3 is 15.7 Å². The van der Waals surface area contributed by atoms with Gasteiger partial charge in [-0.3, -0.25) is 0 Å². The van der Waals surface area contributed by atoms with Crippen molar-refractivity contribution in [2.45, 2.75) is 46.1 Å². The maximum Gasteiger partial charge on any atom is 0.150 e. The Morgan fingerprint density at radius 3 is 2.67 bits per heavy atom. The Labute approximate surface area is 110 Å². The molecule has 0 unspecified atom stereocenters. The van der Waals surface area contributed by atoms with E-state index in [9.17, 15) is 0 Å². The van der Waals surface area contributed by atoms with Gasteiger partial charge in [-0.2, -0.15) is 5.10 Å². The first-order valence-electron chi connectivity index (χ1n) is 6.76. The van der Waals surface area contributed by atoms with Crippen LogP contribution in [0.5, 0.6) is 0 Å². The molecule has 18 heavy (non-hydrogen) atoms. The van der Waals surface area contributed by atoms with E-state index >= 15 is 0 Å². The second kappa shape index (κ2) is 7.26. The minimum Gasteiger partial charge on any atom is -0.396 e. The zero-order valence-corrected chi connectivity index (χ0v) is 11.8. The first-order valence-corrected chi connectivity index (χ1v) is 6.76. The molecule has 0 amide bonds. The summed E-state index contributed by atoms with van der Waals surface area (Å²) in [5, 5.41) is 13.2. The molecule has 0 aliphatic rings. The molecule has 0 saturated carbocycles. The molecule has 0 fully saturated rings. The van der Waals surface area contributed by atoms with Crippen LogP contribution in [0.2, 0.25) is 0 Å². The lowest BCUT2D eigenvalue weighted by atomic mass is 10.2. The zero-order chi connectivity index (χ0) is 13.5. The largest absolute Gasteiger partial charge is 0.396 e. The molecular weight excluding hydrogens is 228 g/mol. The number of hydrogen-bond acceptors (Lipinski definition) is 4. The number of aromatic nitrogens is 2. The smallest absolute Gasteiger partial charge is 0.150 e. The number of nitrogens with two attached hydrogens (primary N) is 1. The Kier molecular flexibility index (Phi) is 5.98. The lowest BCUT2D eigenvalue weighted by molar-refractivity contribution is 0.283. The topological polar surface area (TPSA) is 67.3 Å². The second-order valence-corrected chi connectivity index (χ2v) is 4.75. The summed E-state index contributed by atoms with van der Waals surface area (Å²) in [5.41, 5.74) is 7.79. The molecule has 1 aromatic rings. The van der Waals surface area contributed by atoms with E-state index in [1.165, 1.54) is 0 Å². The van der Waals surface area contributed by atoms with Crippen LogP contribution < -0.4 is 10.6 Å². The van der Waals surface area contributed by atoms with Crippen molar-refractivity contribution in [3.63, 3.8) is 0 Å². The fourth-order valence-corrected chi connectivity index (χ4v) is 2.10. The highest BCUT2D eigenvalue weighted by Gasteiger charge is 2.15. The van der Waals surface area contributed by atoms with E-state index in [1.807, 2.05) is 11.6 Å². The molecule has 0 atom stereocenters. The van der Waals surface area contributed by atoms with Crippen LogP contribution in [0.1, 0.15) is 38.3 Å². The van der Waals surface area contributed by atoms with Crippen molar-refractivity contribution in [1.29, 1.82) is 0 Å². The number of hydrogen-bond donors (Lipinski definition) is 2. The molecule has 5 heteroatoms. The maximum atomic E-state index is 8.76. The van der Waals surface area contributed by atoms with E-state index in [0.29, 0.717) is 0 Å². The highest BCUT2D eigenvalue weighted by molar-refractivity contribution is 5.65. The number of rotatable bonds is 8. The predicted molar refractivity (Wildman–Crippen MR) is 75.9 cm³/mol. The van der Waals surface area contributed by atoms with E-state index in [0.717, 1.165) is 56.0 Å². The van der Waals surface area contributed by atoms with Crippen molar-refractivity contribution >= 4 is 11.5 Å². The SMILES string of the molecule is CCCn1nc(C)c(N)c1N(C)CCCCCO. The number of nitrogen functional groups attached to an aromatic ring is 1. The van der Waals surface area contributed by atoms with Gasteiger partial charge >= 0.3 is 0 Å². The molecule has 1 heterocycles. The third kappa shape index (κ3) is 3.63. The Morgan fingerprint density at radius 1 is 1.33 bits per heavy atom. The van der Waals surface area contributed by atoms with Crippen molar-refractivity contribution in [2.24, 2.45) is 0 Å². The monoisotopic (exact) mass is 254 g/mol. The second-order valence-electron chi connectivity index (χ2n) is 4.75. The van der Waals surface area contributed by atoms with Gasteiger partial charge in [0.1, 0.15) is 5.82 Å². The standard InChI is InChI=1S/C13H26N4O/c1-4-8-17-13(12(14)11(2)15-17)16(3)9-6-5-7-10-18/h18H,4-10,14H2,1-3H3. The molecule has 0 spiro atoms. The molecule has 0 radical (unpaired) electrons. The molecule has 0 bridgehead atoms. The summed E-state index contributed by atoms with van der Waals surface area (Å²) in [4.78, 5) is 2.17. The lowest BCUT2D eigenvalue weighted by Gasteiger charge is -2.21. The van der Waals surface area contributed by atoms with Gasteiger partial charge in [0, 0.05) is 26.7 Å². The van der Waals surface area contributed by atoms with Crippen molar-refractivity contribution < 1.29 is 5.11 Å². The molecule has 0 aliphatic heterocycles. The van der Waals surface area contributed by atoms with E-state index in [-0.39, 0.29) is 6.61 Å². The first-order chi connectivity index (χ1) is 8.61. The molecule has 1 rings (SSSR count). The minimum absolute atomic E-state index is 0.277. The van der Waals surface area contributed by atoms with E-state index in [4.69, 9.17) is 10.8 Å². The Morgan fingerprint density at radius 2 is 2.06 bits per heavy atom. The van der Waals surface area contributed by atoms with E-state index in [2.05, 4.69) is 24.0 Å². The number of aliphatic hydroxyl groups is 1. The highest BCUT2D eigenvalue weighted by atomic mass is 16.2. The third-order valence-electron chi connectivity index (χ3n) is 3.09. The van der Waals surface area contributed by atoms with Gasteiger partial charge in [0.2, 0.25) is 0 Å². The van der Waals surface area contributed by atoms with Crippen LogP contribution in [0.25, 0.3) is 0 Å². The van der Waals surface area contributed by atoms with E-state index < -0.39 is 0 Å². The van der Waals surface area contributed by atoms with Gasteiger partial charge in [-0.1, -0.05) is 6.92 Å². The highest BCUT2D eigenvalue weighted by Crippen LogP contribution is 2.26. The van der Waals surface area contributed by atoms with Crippen LogP contribution in [0.15, 0.2) is 0 Å². The fraction of sp³-hybridized carbons (Fsp3) is 0.769. The van der Waals surface area contributed by atoms with Crippen molar-refractivity contribution in [1.82, 2.24) is 9.78 Å². The third-order valence-corrected chi connectivity index (χ3v) is 3.09. The van der Waals surface area contributed by atoms with Gasteiger partial charge in [-0.05, 0) is 32.6 Å². The molecule has 0 aromatic carbocycles. The summed E-state index contributed by atoms with van der Waals surface area (Å²) in [6.45, 7) is 6.20. The molecule has 5 nitrogen and oxygen atoms in total. The molecule has 0 saturated heterocycles. The Hall–Kier alpha value is -1.23. The molecule has 104 valence electrons.